The summed E-state index contributed by atoms with van der Waals surface area (Å²) < 4.78 is 5.32. The molecule has 138 valence electrons. The number of benzene rings is 1. The van der Waals surface area contributed by atoms with Gasteiger partial charge in [0.05, 0.1) is 11.1 Å². The molecule has 0 radical (unpaired) electrons. The van der Waals surface area contributed by atoms with Crippen molar-refractivity contribution in [3.63, 3.8) is 0 Å². The van der Waals surface area contributed by atoms with Gasteiger partial charge in [-0.2, -0.15) is 5.01 Å². The molecule has 1 aromatic rings. The normalized spacial score (nSPS) is 19.6. The number of nitrogens with zero attached hydrogens (tertiary/aromatic N) is 2. The Balaban J connectivity index is 1.71. The van der Waals surface area contributed by atoms with E-state index in [-0.39, 0.29) is 11.1 Å². The lowest BCUT2D eigenvalue weighted by atomic mass is 10.1. The van der Waals surface area contributed by atoms with Gasteiger partial charge >= 0.3 is 6.09 Å². The molecule has 1 N–H and O–H groups in total. The minimum atomic E-state index is -0.783. The first-order valence-electron chi connectivity index (χ1n) is 8.47. The van der Waals surface area contributed by atoms with Gasteiger partial charge in [-0.15, -0.1) is 0 Å². The topological polar surface area (TPSA) is 96.0 Å². The molecule has 4 amide bonds. The lowest BCUT2D eigenvalue weighted by molar-refractivity contribution is -0.128. The molecule has 8 heteroatoms. The van der Waals surface area contributed by atoms with Crippen LogP contribution in [0.3, 0.4) is 0 Å². The smallest absolute Gasteiger partial charge is 0.410 e. The third-order valence-electron chi connectivity index (χ3n) is 4.20. The Morgan fingerprint density at radius 2 is 1.69 bits per heavy atom. The Morgan fingerprint density at radius 1 is 1.12 bits per heavy atom. The highest BCUT2D eigenvalue weighted by molar-refractivity contribution is 6.21. The van der Waals surface area contributed by atoms with Gasteiger partial charge in [0.1, 0.15) is 11.6 Å². The number of nitrogens with one attached hydrogen (secondary N) is 1. The molecule has 8 nitrogen and oxygen atoms in total. The Hall–Kier alpha value is -2.90. The summed E-state index contributed by atoms with van der Waals surface area (Å²) >= 11 is 0. The Labute approximate surface area is 151 Å². The van der Waals surface area contributed by atoms with Gasteiger partial charge in [0, 0.05) is 6.54 Å². The summed E-state index contributed by atoms with van der Waals surface area (Å²) in [6.07, 6.45) is 0.491. The van der Waals surface area contributed by atoms with E-state index in [9.17, 15) is 19.2 Å². The fourth-order valence-electron chi connectivity index (χ4n) is 3.05. The molecule has 0 aromatic heterocycles. The molecule has 0 bridgehead atoms. The predicted octanol–water partition coefficient (Wildman–Crippen LogP) is 1.71. The first-order valence-corrected chi connectivity index (χ1v) is 8.47. The molecule has 1 fully saturated rings. The standard InChI is InChI=1S/C18H21N3O5/c1-18(2,3)26-17(25)20-10-6-9-13(20)14(22)19-21-15(23)11-7-4-5-8-12(11)16(21)24/h4-5,7-8,13H,6,9-10H2,1-3H3,(H,19,22). The van der Waals surface area contributed by atoms with Gasteiger partial charge in [0.2, 0.25) is 0 Å². The van der Waals surface area contributed by atoms with Gasteiger partial charge in [0.15, 0.2) is 0 Å². The number of hydrazine groups is 1. The molecular weight excluding hydrogens is 338 g/mol. The molecule has 1 aromatic carbocycles. The summed E-state index contributed by atoms with van der Waals surface area (Å²) in [4.78, 5) is 50.9. The zero-order valence-corrected chi connectivity index (χ0v) is 14.9. The maximum absolute atomic E-state index is 12.6. The number of carbonyl (C=O) groups excluding carboxylic acids is 4. The SMILES string of the molecule is CC(C)(C)OC(=O)N1CCCC1C(=O)NN1C(=O)c2ccccc2C1=O. The average Bonchev–Trinajstić information content (AvgIpc) is 3.14. The molecule has 0 spiro atoms. The summed E-state index contributed by atoms with van der Waals surface area (Å²) in [6.45, 7) is 5.62. The zero-order chi connectivity index (χ0) is 19.1. The minimum absolute atomic E-state index is 0.244. The molecule has 2 aliphatic rings. The lowest BCUT2D eigenvalue weighted by Crippen LogP contribution is -2.54. The molecule has 1 saturated heterocycles. The van der Waals surface area contributed by atoms with Gasteiger partial charge < -0.3 is 4.74 Å². The summed E-state index contributed by atoms with van der Waals surface area (Å²) in [5.41, 5.74) is 2.17. The average molecular weight is 359 g/mol. The molecule has 2 heterocycles. The van der Waals surface area contributed by atoms with Crippen LogP contribution < -0.4 is 5.43 Å². The number of imide groups is 1. The van der Waals surface area contributed by atoms with Crippen molar-refractivity contribution in [1.82, 2.24) is 15.3 Å². The Bertz CT molecular complexity index is 748. The first-order chi connectivity index (χ1) is 12.2. The Kier molecular flexibility index (Phi) is 4.43. The van der Waals surface area contributed by atoms with Gasteiger partial charge in [-0.25, -0.2) is 4.79 Å². The summed E-state index contributed by atoms with van der Waals surface area (Å²) in [7, 11) is 0. The number of hydrogen-bond acceptors (Lipinski definition) is 5. The van der Waals surface area contributed by atoms with E-state index in [1.54, 1.807) is 32.9 Å². The Morgan fingerprint density at radius 3 is 2.23 bits per heavy atom. The van der Waals surface area contributed by atoms with Crippen molar-refractivity contribution in [2.75, 3.05) is 6.54 Å². The van der Waals surface area contributed by atoms with Crippen LogP contribution in [-0.4, -0.2) is 51.9 Å². The number of fused-ring (bicyclic) bond motifs is 1. The van der Waals surface area contributed by atoms with Gasteiger partial charge in [0.25, 0.3) is 17.7 Å². The van der Waals surface area contributed by atoms with E-state index in [1.807, 2.05) is 0 Å². The van der Waals surface area contributed by atoms with E-state index in [0.717, 1.165) is 0 Å². The van der Waals surface area contributed by atoms with Gasteiger partial charge in [-0.3, -0.25) is 24.7 Å². The fraction of sp³-hybridized carbons (Fsp3) is 0.444. The van der Waals surface area contributed by atoms with Crippen LogP contribution in [0.5, 0.6) is 0 Å². The van der Waals surface area contributed by atoms with Gasteiger partial charge in [-0.05, 0) is 45.7 Å². The van der Waals surface area contributed by atoms with Gasteiger partial charge in [-0.1, -0.05) is 12.1 Å². The number of likely N-dealkylation sites (tertiary alicyclic amines) is 1. The van der Waals surface area contributed by atoms with E-state index < -0.39 is 35.5 Å². The van der Waals surface area contributed by atoms with E-state index in [2.05, 4.69) is 5.43 Å². The van der Waals surface area contributed by atoms with E-state index >= 15 is 0 Å². The van der Waals surface area contributed by atoms with Crippen molar-refractivity contribution in [1.29, 1.82) is 0 Å². The lowest BCUT2D eigenvalue weighted by Gasteiger charge is -2.28. The maximum atomic E-state index is 12.6. The third kappa shape index (κ3) is 3.26. The van der Waals surface area contributed by atoms with Crippen LogP contribution in [0.1, 0.15) is 54.3 Å². The van der Waals surface area contributed by atoms with Crippen LogP contribution in [0.25, 0.3) is 0 Å². The number of rotatable bonds is 2. The highest BCUT2D eigenvalue weighted by atomic mass is 16.6. The number of hydrogen-bond donors (Lipinski definition) is 1. The van der Waals surface area contributed by atoms with Crippen molar-refractivity contribution >= 4 is 23.8 Å². The molecule has 3 rings (SSSR count). The fourth-order valence-corrected chi connectivity index (χ4v) is 3.05. The van der Waals surface area contributed by atoms with Crippen molar-refractivity contribution < 1.29 is 23.9 Å². The molecular formula is C18H21N3O5. The molecule has 1 unspecified atom stereocenters. The minimum Gasteiger partial charge on any atom is -0.444 e. The molecule has 26 heavy (non-hydrogen) atoms. The third-order valence-corrected chi connectivity index (χ3v) is 4.20. The summed E-state index contributed by atoms with van der Waals surface area (Å²) in [5, 5.41) is 0.707. The number of carbonyl (C=O) groups is 4. The van der Waals surface area contributed by atoms with Crippen LogP contribution in [0.2, 0.25) is 0 Å². The highest BCUT2D eigenvalue weighted by Crippen LogP contribution is 2.23. The summed E-state index contributed by atoms with van der Waals surface area (Å²) in [5.74, 6) is -1.75. The van der Waals surface area contributed by atoms with Crippen molar-refractivity contribution in [3.8, 4) is 0 Å². The molecule has 2 aliphatic heterocycles. The summed E-state index contributed by atoms with van der Waals surface area (Å²) in [6, 6.07) is 5.58. The molecule has 1 atom stereocenters. The maximum Gasteiger partial charge on any atom is 0.410 e. The highest BCUT2D eigenvalue weighted by Gasteiger charge is 2.41. The zero-order valence-electron chi connectivity index (χ0n) is 14.9. The van der Waals surface area contributed by atoms with E-state index in [4.69, 9.17) is 4.74 Å². The quantitative estimate of drug-likeness (QED) is 0.811. The molecule has 0 saturated carbocycles. The van der Waals surface area contributed by atoms with E-state index in [0.29, 0.717) is 24.4 Å². The van der Waals surface area contributed by atoms with Crippen LogP contribution >= 0.6 is 0 Å². The van der Waals surface area contributed by atoms with E-state index in [1.165, 1.54) is 17.0 Å². The van der Waals surface area contributed by atoms with Crippen LogP contribution in [0, 0.1) is 0 Å². The van der Waals surface area contributed by atoms with Crippen molar-refractivity contribution in [3.05, 3.63) is 35.4 Å². The van der Waals surface area contributed by atoms with Crippen molar-refractivity contribution in [2.24, 2.45) is 0 Å². The number of amides is 4. The molecule has 0 aliphatic carbocycles. The second kappa shape index (κ2) is 6.44. The predicted molar refractivity (Wildman–Crippen MR) is 91.0 cm³/mol. The van der Waals surface area contributed by atoms with Crippen LogP contribution in [0.15, 0.2) is 24.3 Å². The largest absolute Gasteiger partial charge is 0.444 e. The van der Waals surface area contributed by atoms with Crippen LogP contribution in [0.4, 0.5) is 4.79 Å². The first kappa shape index (κ1) is 17.9. The second-order valence-electron chi connectivity index (χ2n) is 7.30. The van der Waals surface area contributed by atoms with Crippen LogP contribution in [-0.2, 0) is 9.53 Å². The monoisotopic (exact) mass is 359 g/mol. The second-order valence-corrected chi connectivity index (χ2v) is 7.30. The van der Waals surface area contributed by atoms with Crippen molar-refractivity contribution in [2.45, 2.75) is 45.3 Å². The number of ether oxygens (including phenoxy) is 1.